The Hall–Kier alpha value is -1.66. The molecule has 110 valence electrons. The van der Waals surface area contributed by atoms with Gasteiger partial charge in [0.05, 0.1) is 10.7 Å². The van der Waals surface area contributed by atoms with Crippen LogP contribution in [0.15, 0.2) is 23.4 Å². The summed E-state index contributed by atoms with van der Waals surface area (Å²) < 4.78 is 0. The minimum atomic E-state index is -0.331. The van der Waals surface area contributed by atoms with Crippen LogP contribution in [-0.4, -0.2) is 35.1 Å². The fourth-order valence-electron chi connectivity index (χ4n) is 1.49. The molecule has 0 aliphatic heterocycles. The number of anilines is 1. The van der Waals surface area contributed by atoms with Gasteiger partial charge < -0.3 is 21.2 Å². The lowest BCUT2D eigenvalue weighted by Gasteiger charge is -2.21. The van der Waals surface area contributed by atoms with E-state index < -0.39 is 0 Å². The number of nitrogens with one attached hydrogen (secondary N) is 1. The largest absolute Gasteiger partial charge is 0.409 e. The highest BCUT2D eigenvalue weighted by Crippen LogP contribution is 2.25. The van der Waals surface area contributed by atoms with Gasteiger partial charge in [0.1, 0.15) is 5.84 Å². The van der Waals surface area contributed by atoms with Gasteiger partial charge in [-0.3, -0.25) is 0 Å². The first-order valence-corrected chi connectivity index (χ1v) is 6.71. The van der Waals surface area contributed by atoms with Crippen LogP contribution < -0.4 is 11.1 Å². The second-order valence-corrected chi connectivity index (χ2v) is 4.82. The Labute approximate surface area is 127 Å². The van der Waals surface area contributed by atoms with Crippen LogP contribution in [-0.2, 0) is 0 Å². The molecule has 0 saturated heterocycles. The van der Waals surface area contributed by atoms with Crippen molar-refractivity contribution in [1.82, 2.24) is 4.90 Å². The number of hydrogen-bond acceptors (Lipinski definition) is 3. The zero-order valence-corrected chi connectivity index (χ0v) is 12.4. The van der Waals surface area contributed by atoms with Gasteiger partial charge in [-0.25, -0.2) is 4.79 Å². The predicted molar refractivity (Wildman–Crippen MR) is 80.8 cm³/mol. The number of urea groups is 1. The molecular weight excluding hydrogens is 303 g/mol. The number of halogens is 2. The van der Waals surface area contributed by atoms with Crippen LogP contribution in [0.25, 0.3) is 0 Å². The fraction of sp³-hybridized carbons (Fsp3) is 0.333. The van der Waals surface area contributed by atoms with Crippen molar-refractivity contribution in [1.29, 1.82) is 0 Å². The highest BCUT2D eigenvalue weighted by Gasteiger charge is 2.13. The van der Waals surface area contributed by atoms with E-state index in [9.17, 15) is 4.79 Å². The van der Waals surface area contributed by atoms with Crippen LogP contribution in [0.1, 0.15) is 13.3 Å². The first-order chi connectivity index (χ1) is 9.47. The van der Waals surface area contributed by atoms with Crippen LogP contribution in [0.4, 0.5) is 10.5 Å². The molecule has 0 fully saturated rings. The smallest absolute Gasteiger partial charge is 0.321 e. The van der Waals surface area contributed by atoms with Gasteiger partial charge >= 0.3 is 6.03 Å². The lowest BCUT2D eigenvalue weighted by Crippen LogP contribution is -2.37. The number of amides is 2. The highest BCUT2D eigenvalue weighted by atomic mass is 35.5. The average Bonchev–Trinajstić information content (AvgIpc) is 2.43. The molecule has 8 heteroatoms. The number of hydrogen-bond donors (Lipinski definition) is 3. The quantitative estimate of drug-likeness (QED) is 0.337. The van der Waals surface area contributed by atoms with Crippen molar-refractivity contribution in [3.05, 3.63) is 28.2 Å². The lowest BCUT2D eigenvalue weighted by molar-refractivity contribution is 0.215. The molecule has 0 saturated carbocycles. The van der Waals surface area contributed by atoms with E-state index in [4.69, 9.17) is 34.1 Å². The van der Waals surface area contributed by atoms with Crippen molar-refractivity contribution in [2.45, 2.75) is 13.3 Å². The van der Waals surface area contributed by atoms with Gasteiger partial charge in [0.2, 0.25) is 0 Å². The Morgan fingerprint density at radius 1 is 1.50 bits per heavy atom. The van der Waals surface area contributed by atoms with Gasteiger partial charge in [-0.15, -0.1) is 0 Å². The molecule has 0 heterocycles. The topological polar surface area (TPSA) is 90.9 Å². The van der Waals surface area contributed by atoms with Crippen molar-refractivity contribution in [2.24, 2.45) is 10.9 Å². The summed E-state index contributed by atoms with van der Waals surface area (Å²) >= 11 is 11.8. The Bertz CT molecular complexity index is 508. The van der Waals surface area contributed by atoms with Crippen molar-refractivity contribution in [3.8, 4) is 0 Å². The van der Waals surface area contributed by atoms with Gasteiger partial charge in [-0.2, -0.15) is 0 Å². The molecule has 0 aliphatic rings. The van der Waals surface area contributed by atoms with E-state index in [1.54, 1.807) is 18.2 Å². The summed E-state index contributed by atoms with van der Waals surface area (Å²) in [6.07, 6.45) is 0.279. The number of oxime groups is 1. The van der Waals surface area contributed by atoms with Crippen LogP contribution in [0.2, 0.25) is 10.0 Å². The van der Waals surface area contributed by atoms with E-state index in [0.29, 0.717) is 28.8 Å². The minimum Gasteiger partial charge on any atom is -0.409 e. The molecular formula is C12H16Cl2N4O2. The monoisotopic (exact) mass is 318 g/mol. The van der Waals surface area contributed by atoms with Crippen LogP contribution in [0.3, 0.4) is 0 Å². The number of benzene rings is 1. The van der Waals surface area contributed by atoms with E-state index in [1.807, 2.05) is 6.92 Å². The molecule has 0 bridgehead atoms. The number of rotatable bonds is 5. The fourth-order valence-corrected chi connectivity index (χ4v) is 1.83. The summed E-state index contributed by atoms with van der Waals surface area (Å²) in [5.74, 6) is 0.0667. The Morgan fingerprint density at radius 3 is 2.80 bits per heavy atom. The van der Waals surface area contributed by atoms with E-state index in [2.05, 4.69) is 10.5 Å². The van der Waals surface area contributed by atoms with Gasteiger partial charge in [0.25, 0.3) is 0 Å². The van der Waals surface area contributed by atoms with Gasteiger partial charge in [-0.05, 0) is 25.1 Å². The maximum atomic E-state index is 12.1. The minimum absolute atomic E-state index is 0.0667. The zero-order valence-electron chi connectivity index (χ0n) is 10.9. The Balaban J connectivity index is 2.69. The molecule has 0 atom stereocenters. The highest BCUT2D eigenvalue weighted by molar-refractivity contribution is 6.35. The summed E-state index contributed by atoms with van der Waals surface area (Å²) in [6.45, 7) is 2.63. The van der Waals surface area contributed by atoms with Crippen molar-refractivity contribution >= 4 is 40.8 Å². The number of nitrogens with two attached hydrogens (primary N) is 1. The molecule has 4 N–H and O–H groups in total. The second-order valence-electron chi connectivity index (χ2n) is 3.98. The number of carbonyl (C=O) groups is 1. The third kappa shape index (κ3) is 4.79. The first-order valence-electron chi connectivity index (χ1n) is 5.95. The van der Waals surface area contributed by atoms with E-state index >= 15 is 0 Å². The number of amidine groups is 1. The van der Waals surface area contributed by atoms with Crippen molar-refractivity contribution < 1.29 is 10.0 Å². The Morgan fingerprint density at radius 2 is 2.20 bits per heavy atom. The van der Waals surface area contributed by atoms with E-state index in [-0.39, 0.29) is 18.3 Å². The van der Waals surface area contributed by atoms with Crippen LogP contribution in [0, 0.1) is 0 Å². The summed E-state index contributed by atoms with van der Waals surface area (Å²) in [6, 6.07) is 4.48. The molecule has 2 amide bonds. The van der Waals surface area contributed by atoms with Crippen molar-refractivity contribution in [3.63, 3.8) is 0 Å². The maximum Gasteiger partial charge on any atom is 0.321 e. The molecule has 0 aromatic heterocycles. The standard InChI is InChI=1S/C12H16Cl2N4O2/c1-2-18(6-5-11(15)17-20)12(19)16-10-7-8(13)3-4-9(10)14/h3-4,7,20H,2,5-6H2,1H3,(H2,15,17)(H,16,19). The zero-order chi connectivity index (χ0) is 15.1. The van der Waals surface area contributed by atoms with Gasteiger partial charge in [-0.1, -0.05) is 28.4 Å². The molecule has 0 aliphatic carbocycles. The van der Waals surface area contributed by atoms with E-state index in [1.165, 1.54) is 4.90 Å². The number of nitrogens with zero attached hydrogens (tertiary/aromatic N) is 2. The number of carbonyl (C=O) groups excluding carboxylic acids is 1. The SMILES string of the molecule is CCN(CCC(N)=NO)C(=O)Nc1cc(Cl)ccc1Cl. The summed E-state index contributed by atoms with van der Waals surface area (Å²) in [4.78, 5) is 13.6. The molecule has 6 nitrogen and oxygen atoms in total. The van der Waals surface area contributed by atoms with E-state index in [0.717, 1.165) is 0 Å². The third-order valence-corrected chi connectivity index (χ3v) is 3.17. The third-order valence-electron chi connectivity index (χ3n) is 2.61. The molecule has 20 heavy (non-hydrogen) atoms. The molecule has 1 aromatic rings. The Kier molecular flexibility index (Phi) is 6.41. The molecule has 0 unspecified atom stereocenters. The first kappa shape index (κ1) is 16.4. The molecule has 1 rings (SSSR count). The predicted octanol–water partition coefficient (Wildman–Crippen LogP) is 2.98. The average molecular weight is 319 g/mol. The van der Waals surface area contributed by atoms with Crippen LogP contribution >= 0.6 is 23.2 Å². The summed E-state index contributed by atoms with van der Waals surface area (Å²) in [5, 5.41) is 14.9. The maximum absolute atomic E-state index is 12.1. The van der Waals surface area contributed by atoms with Gasteiger partial charge in [0.15, 0.2) is 0 Å². The van der Waals surface area contributed by atoms with Crippen LogP contribution in [0.5, 0.6) is 0 Å². The van der Waals surface area contributed by atoms with Crippen molar-refractivity contribution in [2.75, 3.05) is 18.4 Å². The lowest BCUT2D eigenvalue weighted by atomic mass is 10.3. The van der Waals surface area contributed by atoms with Gasteiger partial charge in [0, 0.05) is 24.5 Å². The summed E-state index contributed by atoms with van der Waals surface area (Å²) in [7, 11) is 0. The second kappa shape index (κ2) is 7.81. The normalized spacial score (nSPS) is 11.2. The molecule has 0 spiro atoms. The molecule has 0 radical (unpaired) electrons. The summed E-state index contributed by atoms with van der Waals surface area (Å²) in [5.41, 5.74) is 5.81. The molecule has 1 aromatic carbocycles.